The molecule has 0 aliphatic carbocycles. The Balaban J connectivity index is 2.45. The molecule has 1 heterocycles. The first-order chi connectivity index (χ1) is 10.6. The highest BCUT2D eigenvalue weighted by molar-refractivity contribution is 9.08. The Kier molecular flexibility index (Phi) is 3.96. The van der Waals surface area contributed by atoms with Crippen molar-refractivity contribution in [3.63, 3.8) is 0 Å². The summed E-state index contributed by atoms with van der Waals surface area (Å²) < 4.78 is 7.13. The summed E-state index contributed by atoms with van der Waals surface area (Å²) in [5.41, 5.74) is 4.11. The van der Waals surface area contributed by atoms with Gasteiger partial charge >= 0.3 is 5.97 Å². The van der Waals surface area contributed by atoms with Crippen LogP contribution in [0.4, 0.5) is 0 Å². The van der Waals surface area contributed by atoms with E-state index in [-0.39, 0.29) is 5.97 Å². The summed E-state index contributed by atoms with van der Waals surface area (Å²) in [4.78, 5) is 11.8. The first-order valence-corrected chi connectivity index (χ1v) is 8.40. The highest BCUT2D eigenvalue weighted by Crippen LogP contribution is 2.35. The Morgan fingerprint density at radius 3 is 2.64 bits per heavy atom. The minimum Gasteiger partial charge on any atom is -0.465 e. The van der Waals surface area contributed by atoms with Crippen molar-refractivity contribution in [2.75, 3.05) is 7.11 Å². The van der Waals surface area contributed by atoms with Crippen molar-refractivity contribution < 1.29 is 9.53 Å². The van der Waals surface area contributed by atoms with Crippen LogP contribution >= 0.6 is 15.9 Å². The Morgan fingerprint density at radius 2 is 2.00 bits per heavy atom. The van der Waals surface area contributed by atoms with E-state index in [0.717, 1.165) is 10.8 Å². The molecule has 0 saturated carbocycles. The van der Waals surface area contributed by atoms with Crippen LogP contribution in [0.3, 0.4) is 0 Å². The van der Waals surface area contributed by atoms with E-state index in [4.69, 9.17) is 4.74 Å². The van der Waals surface area contributed by atoms with E-state index < -0.39 is 0 Å². The zero-order valence-electron chi connectivity index (χ0n) is 12.9. The molecule has 2 aromatic carbocycles. The third kappa shape index (κ3) is 2.22. The molecule has 3 aromatic rings. The van der Waals surface area contributed by atoms with Crippen LogP contribution in [0, 0.1) is 0 Å². The number of benzene rings is 2. The van der Waals surface area contributed by atoms with E-state index >= 15 is 0 Å². The minimum absolute atomic E-state index is 0.303. The van der Waals surface area contributed by atoms with Crippen molar-refractivity contribution in [3.05, 3.63) is 47.5 Å². The summed E-state index contributed by atoms with van der Waals surface area (Å²) >= 11 is 3.58. The van der Waals surface area contributed by atoms with Crippen molar-refractivity contribution in [2.24, 2.45) is 0 Å². The lowest BCUT2D eigenvalue weighted by molar-refractivity contribution is 0.0601. The van der Waals surface area contributed by atoms with Crippen molar-refractivity contribution in [3.8, 4) is 0 Å². The fourth-order valence-corrected chi connectivity index (χ4v) is 3.55. The van der Waals surface area contributed by atoms with Gasteiger partial charge in [-0.3, -0.25) is 0 Å². The standard InChI is InChI=1S/C18H18BrNO2/c1-11(2)20-15-6-4-5-13(10-19)17(15)14-8-7-12(9-16(14)20)18(21)22-3/h4-9,11H,10H2,1-3H3. The normalized spacial score (nSPS) is 11.5. The molecule has 0 N–H and O–H groups in total. The monoisotopic (exact) mass is 359 g/mol. The van der Waals surface area contributed by atoms with Crippen LogP contribution in [-0.4, -0.2) is 17.6 Å². The quantitative estimate of drug-likeness (QED) is 0.483. The number of carbonyl (C=O) groups excluding carboxylic acids is 1. The van der Waals surface area contributed by atoms with Gasteiger partial charge in [0, 0.05) is 27.7 Å². The van der Waals surface area contributed by atoms with Gasteiger partial charge in [0.25, 0.3) is 0 Å². The average molecular weight is 360 g/mol. The predicted octanol–water partition coefficient (Wildman–Crippen LogP) is 5.06. The minimum atomic E-state index is -0.303. The maximum atomic E-state index is 11.8. The maximum Gasteiger partial charge on any atom is 0.337 e. The van der Waals surface area contributed by atoms with Gasteiger partial charge in [0.05, 0.1) is 18.2 Å². The summed E-state index contributed by atoms with van der Waals surface area (Å²) in [5.74, 6) is -0.303. The summed E-state index contributed by atoms with van der Waals surface area (Å²) in [6, 6.07) is 12.4. The summed E-state index contributed by atoms with van der Waals surface area (Å²) in [6.45, 7) is 4.31. The molecule has 0 saturated heterocycles. The molecule has 0 bridgehead atoms. The molecule has 0 aliphatic heterocycles. The van der Waals surface area contributed by atoms with Crippen LogP contribution in [0.2, 0.25) is 0 Å². The Labute approximate surface area is 138 Å². The van der Waals surface area contributed by atoms with Gasteiger partial charge in [-0.05, 0) is 37.6 Å². The van der Waals surface area contributed by atoms with Gasteiger partial charge in [-0.1, -0.05) is 34.1 Å². The van der Waals surface area contributed by atoms with Gasteiger partial charge in [-0.2, -0.15) is 0 Å². The fraction of sp³-hybridized carbons (Fsp3) is 0.278. The number of halogens is 1. The van der Waals surface area contributed by atoms with Crippen molar-refractivity contribution in [1.82, 2.24) is 4.57 Å². The molecule has 0 fully saturated rings. The van der Waals surface area contributed by atoms with Crippen molar-refractivity contribution in [2.45, 2.75) is 25.2 Å². The number of aromatic nitrogens is 1. The number of methoxy groups -OCH3 is 1. The molecule has 22 heavy (non-hydrogen) atoms. The van der Waals surface area contributed by atoms with Crippen LogP contribution in [0.25, 0.3) is 21.8 Å². The number of ether oxygens (including phenoxy) is 1. The van der Waals surface area contributed by atoms with Crippen molar-refractivity contribution in [1.29, 1.82) is 0 Å². The molecule has 1 aromatic heterocycles. The van der Waals surface area contributed by atoms with E-state index in [2.05, 4.69) is 52.5 Å². The van der Waals surface area contributed by atoms with Crippen LogP contribution in [0.1, 0.15) is 35.8 Å². The lowest BCUT2D eigenvalue weighted by Crippen LogP contribution is -2.03. The smallest absolute Gasteiger partial charge is 0.337 e. The Hall–Kier alpha value is -1.81. The molecule has 3 nitrogen and oxygen atoms in total. The number of carbonyl (C=O) groups is 1. The molecule has 0 amide bonds. The molecule has 3 rings (SSSR count). The highest BCUT2D eigenvalue weighted by Gasteiger charge is 2.17. The number of rotatable bonds is 3. The summed E-state index contributed by atoms with van der Waals surface area (Å²) in [5, 5.41) is 3.23. The number of hydrogen-bond acceptors (Lipinski definition) is 2. The lowest BCUT2D eigenvalue weighted by atomic mass is 10.1. The first-order valence-electron chi connectivity index (χ1n) is 7.28. The molecule has 114 valence electrons. The second-order valence-corrected chi connectivity index (χ2v) is 6.19. The molecular formula is C18H18BrNO2. The van der Waals surface area contributed by atoms with Crippen LogP contribution in [0.5, 0.6) is 0 Å². The second-order valence-electron chi connectivity index (χ2n) is 5.63. The number of nitrogens with zero attached hydrogens (tertiary/aromatic N) is 1. The van der Waals surface area contributed by atoms with Gasteiger partial charge in [0.15, 0.2) is 0 Å². The van der Waals surface area contributed by atoms with Crippen LogP contribution in [0.15, 0.2) is 36.4 Å². The molecule has 0 radical (unpaired) electrons. The molecule has 0 atom stereocenters. The first kappa shape index (κ1) is 15.1. The number of alkyl halides is 1. The molecular weight excluding hydrogens is 342 g/mol. The second kappa shape index (κ2) is 5.76. The zero-order chi connectivity index (χ0) is 15.9. The molecule has 0 unspecified atom stereocenters. The third-order valence-electron chi connectivity index (χ3n) is 4.00. The SMILES string of the molecule is COC(=O)c1ccc2c3c(CBr)cccc3n(C(C)C)c2c1. The number of esters is 1. The highest BCUT2D eigenvalue weighted by atomic mass is 79.9. The van der Waals surface area contributed by atoms with E-state index in [1.165, 1.54) is 29.0 Å². The van der Waals surface area contributed by atoms with Gasteiger partial charge in [0.1, 0.15) is 0 Å². The van der Waals surface area contributed by atoms with Gasteiger partial charge < -0.3 is 9.30 Å². The topological polar surface area (TPSA) is 31.2 Å². The Bertz CT molecular complexity index is 864. The van der Waals surface area contributed by atoms with Crippen molar-refractivity contribution >= 4 is 43.7 Å². The van der Waals surface area contributed by atoms with E-state index in [1.54, 1.807) is 0 Å². The van der Waals surface area contributed by atoms with Gasteiger partial charge in [-0.15, -0.1) is 0 Å². The number of hydrogen-bond donors (Lipinski definition) is 0. The van der Waals surface area contributed by atoms with E-state index in [1.807, 2.05) is 18.2 Å². The Morgan fingerprint density at radius 1 is 1.23 bits per heavy atom. The summed E-state index contributed by atoms with van der Waals surface area (Å²) in [7, 11) is 1.41. The van der Waals surface area contributed by atoms with Gasteiger partial charge in [0.2, 0.25) is 0 Å². The lowest BCUT2D eigenvalue weighted by Gasteiger charge is -2.12. The van der Waals surface area contributed by atoms with E-state index in [0.29, 0.717) is 11.6 Å². The van der Waals surface area contributed by atoms with Gasteiger partial charge in [-0.25, -0.2) is 4.79 Å². The zero-order valence-corrected chi connectivity index (χ0v) is 14.5. The molecule has 0 aliphatic rings. The van der Waals surface area contributed by atoms with Crippen LogP contribution < -0.4 is 0 Å². The largest absolute Gasteiger partial charge is 0.465 e. The third-order valence-corrected chi connectivity index (χ3v) is 4.60. The van der Waals surface area contributed by atoms with E-state index in [9.17, 15) is 4.79 Å². The number of fused-ring (bicyclic) bond motifs is 3. The average Bonchev–Trinajstić information content (AvgIpc) is 2.87. The molecule has 4 heteroatoms. The maximum absolute atomic E-state index is 11.8. The molecule has 0 spiro atoms. The predicted molar refractivity (Wildman–Crippen MR) is 93.8 cm³/mol. The van der Waals surface area contributed by atoms with Crippen LogP contribution in [-0.2, 0) is 10.1 Å². The summed E-state index contributed by atoms with van der Waals surface area (Å²) in [6.07, 6.45) is 0. The fourth-order valence-electron chi connectivity index (χ4n) is 3.08.